The van der Waals surface area contributed by atoms with Gasteiger partial charge < -0.3 is 20.1 Å². The highest BCUT2D eigenvalue weighted by atomic mass is 79.9. The van der Waals surface area contributed by atoms with Gasteiger partial charge in [-0.25, -0.2) is 0 Å². The molecule has 0 bridgehead atoms. The normalized spacial score (nSPS) is 12.6. The second kappa shape index (κ2) is 16.3. The van der Waals surface area contributed by atoms with E-state index in [1.54, 1.807) is 12.1 Å². The second-order valence-electron chi connectivity index (χ2n) is 14.6. The van der Waals surface area contributed by atoms with Crippen molar-refractivity contribution in [3.63, 3.8) is 0 Å². The summed E-state index contributed by atoms with van der Waals surface area (Å²) in [4.78, 5) is 27.3. The van der Waals surface area contributed by atoms with E-state index in [1.165, 1.54) is 11.1 Å². The number of carbonyl (C=O) groups excluding carboxylic acids is 2. The SMILES string of the molecule is CC(C)COc1ccc(Br)cc1C(=O)Nc1ccc(C2(c3ccc(NC(=O)c4cc(Br)ccc4OCC(C)C)cc3)c3ccccc3-c3ccccc32)cc1. The maximum Gasteiger partial charge on any atom is 0.259 e. The van der Waals surface area contributed by atoms with Gasteiger partial charge in [0.1, 0.15) is 11.5 Å². The van der Waals surface area contributed by atoms with Crippen molar-refractivity contribution in [1.29, 1.82) is 0 Å². The molecule has 0 radical (unpaired) electrons. The molecule has 0 saturated heterocycles. The number of carbonyl (C=O) groups is 2. The zero-order valence-electron chi connectivity index (χ0n) is 31.2. The van der Waals surface area contributed by atoms with Gasteiger partial charge in [0.2, 0.25) is 0 Å². The molecule has 0 saturated carbocycles. The van der Waals surface area contributed by atoms with Crippen LogP contribution in [-0.4, -0.2) is 25.0 Å². The van der Waals surface area contributed by atoms with Crippen LogP contribution in [0.15, 0.2) is 142 Å². The van der Waals surface area contributed by atoms with Crippen molar-refractivity contribution < 1.29 is 19.1 Å². The molecular formula is C47H42Br2N2O4. The van der Waals surface area contributed by atoms with Crippen LogP contribution in [0.5, 0.6) is 11.5 Å². The minimum atomic E-state index is -0.664. The Hall–Kier alpha value is -5.18. The summed E-state index contributed by atoms with van der Waals surface area (Å²) in [5, 5.41) is 6.18. The van der Waals surface area contributed by atoms with Crippen molar-refractivity contribution >= 4 is 55.0 Å². The lowest BCUT2D eigenvalue weighted by molar-refractivity contribution is 0.101. The number of hydrogen-bond acceptors (Lipinski definition) is 4. The van der Waals surface area contributed by atoms with E-state index in [-0.39, 0.29) is 11.8 Å². The number of hydrogen-bond donors (Lipinski definition) is 2. The number of halogens is 2. The first-order chi connectivity index (χ1) is 26.5. The molecule has 0 aliphatic heterocycles. The maximum atomic E-state index is 13.6. The topological polar surface area (TPSA) is 76.7 Å². The van der Waals surface area contributed by atoms with Crippen LogP contribution in [0, 0.1) is 11.8 Å². The molecule has 55 heavy (non-hydrogen) atoms. The molecule has 1 aliphatic carbocycles. The summed E-state index contributed by atoms with van der Waals surface area (Å²) in [6.45, 7) is 9.32. The predicted octanol–water partition coefficient (Wildman–Crippen LogP) is 12.1. The van der Waals surface area contributed by atoms with E-state index in [9.17, 15) is 9.59 Å². The fourth-order valence-electron chi connectivity index (χ4n) is 7.15. The average Bonchev–Trinajstić information content (AvgIpc) is 3.48. The fraction of sp³-hybridized carbons (Fsp3) is 0.191. The van der Waals surface area contributed by atoms with Crippen LogP contribution in [0.25, 0.3) is 11.1 Å². The first-order valence-electron chi connectivity index (χ1n) is 18.4. The van der Waals surface area contributed by atoms with Gasteiger partial charge in [-0.05, 0) is 106 Å². The Kier molecular flexibility index (Phi) is 11.3. The average molecular weight is 859 g/mol. The van der Waals surface area contributed by atoms with Gasteiger partial charge in [-0.15, -0.1) is 0 Å². The fourth-order valence-corrected chi connectivity index (χ4v) is 7.87. The minimum absolute atomic E-state index is 0.252. The highest BCUT2D eigenvalue weighted by molar-refractivity contribution is 9.10. The van der Waals surface area contributed by atoms with Gasteiger partial charge in [0.15, 0.2) is 0 Å². The van der Waals surface area contributed by atoms with Gasteiger partial charge in [0.25, 0.3) is 11.8 Å². The van der Waals surface area contributed by atoms with Crippen LogP contribution in [0.1, 0.15) is 70.7 Å². The third kappa shape index (κ3) is 7.84. The van der Waals surface area contributed by atoms with E-state index >= 15 is 0 Å². The molecule has 0 heterocycles. The number of amides is 2. The molecule has 278 valence electrons. The molecule has 0 aromatic heterocycles. The first kappa shape index (κ1) is 38.1. The Morgan fingerprint density at radius 3 is 1.31 bits per heavy atom. The summed E-state index contributed by atoms with van der Waals surface area (Å²) in [5.41, 5.74) is 8.33. The minimum Gasteiger partial charge on any atom is -0.492 e. The molecule has 6 aromatic rings. The van der Waals surface area contributed by atoms with Gasteiger partial charge in [-0.3, -0.25) is 9.59 Å². The quantitative estimate of drug-likeness (QED) is 0.128. The molecule has 2 N–H and O–H groups in total. The predicted molar refractivity (Wildman–Crippen MR) is 229 cm³/mol. The molecule has 0 unspecified atom stereocenters. The van der Waals surface area contributed by atoms with Gasteiger partial charge in [0.05, 0.1) is 29.8 Å². The van der Waals surface area contributed by atoms with Crippen LogP contribution in [0.2, 0.25) is 0 Å². The highest BCUT2D eigenvalue weighted by Gasteiger charge is 2.45. The molecule has 0 fully saturated rings. The summed E-state index contributed by atoms with van der Waals surface area (Å²) in [6, 6.07) is 44.2. The van der Waals surface area contributed by atoms with Crippen molar-refractivity contribution in [3.8, 4) is 22.6 Å². The smallest absolute Gasteiger partial charge is 0.259 e. The summed E-state index contributed by atoms with van der Waals surface area (Å²) in [7, 11) is 0. The van der Waals surface area contributed by atoms with Gasteiger partial charge in [-0.2, -0.15) is 0 Å². The van der Waals surface area contributed by atoms with Crippen LogP contribution in [0.3, 0.4) is 0 Å². The van der Waals surface area contributed by atoms with E-state index in [1.807, 2.05) is 48.5 Å². The number of anilines is 2. The first-order valence-corrected chi connectivity index (χ1v) is 20.0. The van der Waals surface area contributed by atoms with Crippen LogP contribution < -0.4 is 20.1 Å². The van der Waals surface area contributed by atoms with Gasteiger partial charge in [0, 0.05) is 20.3 Å². The Balaban J connectivity index is 1.23. The third-order valence-electron chi connectivity index (χ3n) is 9.62. The second-order valence-corrected chi connectivity index (χ2v) is 16.4. The van der Waals surface area contributed by atoms with E-state index in [0.29, 0.717) is 59.1 Å². The number of ether oxygens (including phenoxy) is 2. The van der Waals surface area contributed by atoms with Crippen molar-refractivity contribution in [2.24, 2.45) is 11.8 Å². The number of benzene rings is 6. The third-order valence-corrected chi connectivity index (χ3v) is 10.6. The zero-order valence-corrected chi connectivity index (χ0v) is 34.3. The molecule has 7 rings (SSSR count). The van der Waals surface area contributed by atoms with E-state index < -0.39 is 5.41 Å². The molecule has 6 nitrogen and oxygen atoms in total. The lowest BCUT2D eigenvalue weighted by Crippen LogP contribution is -2.28. The lowest BCUT2D eigenvalue weighted by atomic mass is 9.67. The van der Waals surface area contributed by atoms with Crippen LogP contribution in [0.4, 0.5) is 11.4 Å². The summed E-state index contributed by atoms with van der Waals surface area (Å²) in [5.74, 6) is 1.22. The van der Waals surface area contributed by atoms with Crippen molar-refractivity contribution in [2.75, 3.05) is 23.8 Å². The highest BCUT2D eigenvalue weighted by Crippen LogP contribution is 2.56. The lowest BCUT2D eigenvalue weighted by Gasteiger charge is -2.34. The molecule has 0 atom stereocenters. The molecule has 0 spiro atoms. The van der Waals surface area contributed by atoms with E-state index in [2.05, 4.69) is 143 Å². The summed E-state index contributed by atoms with van der Waals surface area (Å²) in [6.07, 6.45) is 0. The van der Waals surface area contributed by atoms with Crippen molar-refractivity contribution in [2.45, 2.75) is 33.1 Å². The Morgan fingerprint density at radius 2 is 0.927 bits per heavy atom. The summed E-state index contributed by atoms with van der Waals surface area (Å²) >= 11 is 7.02. The van der Waals surface area contributed by atoms with Gasteiger partial charge >= 0.3 is 0 Å². The number of fused-ring (bicyclic) bond motifs is 3. The van der Waals surface area contributed by atoms with E-state index in [0.717, 1.165) is 31.2 Å². The van der Waals surface area contributed by atoms with Gasteiger partial charge in [-0.1, -0.05) is 132 Å². The monoisotopic (exact) mass is 856 g/mol. The Labute approximate surface area is 339 Å². The number of nitrogens with one attached hydrogen (secondary N) is 2. The Bertz CT molecular complexity index is 2190. The largest absolute Gasteiger partial charge is 0.492 e. The molecule has 2 amide bonds. The van der Waals surface area contributed by atoms with Crippen molar-refractivity contribution in [3.05, 3.63) is 176 Å². The van der Waals surface area contributed by atoms with Crippen molar-refractivity contribution in [1.82, 2.24) is 0 Å². The summed E-state index contributed by atoms with van der Waals surface area (Å²) < 4.78 is 13.6. The molecule has 1 aliphatic rings. The molecular weight excluding hydrogens is 816 g/mol. The Morgan fingerprint density at radius 1 is 0.545 bits per heavy atom. The molecule has 6 aromatic carbocycles. The van der Waals surface area contributed by atoms with E-state index in [4.69, 9.17) is 9.47 Å². The number of rotatable bonds is 12. The maximum absolute atomic E-state index is 13.6. The molecule has 8 heteroatoms. The van der Waals surface area contributed by atoms with Crippen LogP contribution in [-0.2, 0) is 5.41 Å². The zero-order chi connectivity index (χ0) is 38.7. The standard InChI is InChI=1S/C47H42Br2N2O4/c1-29(2)27-54-43-23-17-33(48)25-39(43)45(52)50-35-19-13-31(14-20-35)47(41-11-7-5-9-37(41)38-10-6-8-12-42(38)47)32-15-21-36(22-16-32)51-46(53)40-26-34(49)18-24-44(40)55-28-30(3)4/h5-26,29-30H,27-28H2,1-4H3,(H,50,52)(H,51,53). The van der Waals surface area contributed by atoms with Crippen LogP contribution >= 0.6 is 31.9 Å².